The van der Waals surface area contributed by atoms with Crippen LogP contribution < -0.4 is 9.47 Å². The SMILES string of the molecule is CCCOc1c(I)cc(-c2nn(-c3ccccc3)c(C(=O)OC)c2C(=O)OC)cc1OCC. The van der Waals surface area contributed by atoms with Gasteiger partial charge in [0, 0.05) is 5.56 Å². The molecule has 0 fully saturated rings. The number of carbonyl (C=O) groups excluding carboxylic acids is 2. The number of hydrogen-bond donors (Lipinski definition) is 0. The van der Waals surface area contributed by atoms with Crippen molar-refractivity contribution >= 4 is 34.5 Å². The van der Waals surface area contributed by atoms with Crippen LogP contribution in [0.5, 0.6) is 11.5 Å². The van der Waals surface area contributed by atoms with Crippen molar-refractivity contribution in [1.82, 2.24) is 9.78 Å². The minimum atomic E-state index is -0.708. The third kappa shape index (κ3) is 5.13. The van der Waals surface area contributed by atoms with Crippen molar-refractivity contribution in [2.75, 3.05) is 27.4 Å². The van der Waals surface area contributed by atoms with Crippen LogP contribution in [0, 0.1) is 3.57 Å². The Labute approximate surface area is 205 Å². The van der Waals surface area contributed by atoms with E-state index in [1.165, 1.54) is 18.9 Å². The van der Waals surface area contributed by atoms with Crippen LogP contribution >= 0.6 is 22.6 Å². The summed E-state index contributed by atoms with van der Waals surface area (Å²) in [6, 6.07) is 12.6. The maximum absolute atomic E-state index is 12.9. The predicted molar refractivity (Wildman–Crippen MR) is 131 cm³/mol. The summed E-state index contributed by atoms with van der Waals surface area (Å²) < 4.78 is 23.9. The smallest absolute Gasteiger partial charge is 0.357 e. The molecule has 0 amide bonds. The fraction of sp³-hybridized carbons (Fsp3) is 0.292. The summed E-state index contributed by atoms with van der Waals surface area (Å²) in [6.45, 7) is 4.87. The van der Waals surface area contributed by atoms with Gasteiger partial charge in [-0.05, 0) is 60.2 Å². The van der Waals surface area contributed by atoms with Crippen LogP contribution in [0.2, 0.25) is 0 Å². The van der Waals surface area contributed by atoms with Gasteiger partial charge in [-0.2, -0.15) is 5.10 Å². The molecular formula is C24H25IN2O6. The first kappa shape index (κ1) is 24.6. The molecule has 0 atom stereocenters. The summed E-state index contributed by atoms with van der Waals surface area (Å²) >= 11 is 2.16. The molecule has 0 unspecified atom stereocenters. The molecule has 33 heavy (non-hydrogen) atoms. The minimum Gasteiger partial charge on any atom is -0.490 e. The molecule has 3 aromatic rings. The quantitative estimate of drug-likeness (QED) is 0.270. The molecule has 0 saturated carbocycles. The number of nitrogens with zero attached hydrogens (tertiary/aromatic N) is 2. The van der Waals surface area contributed by atoms with Crippen LogP contribution in [-0.2, 0) is 9.47 Å². The molecule has 0 radical (unpaired) electrons. The third-order valence-corrected chi connectivity index (χ3v) is 5.49. The van der Waals surface area contributed by atoms with E-state index in [1.807, 2.05) is 38.1 Å². The van der Waals surface area contributed by atoms with E-state index in [0.29, 0.717) is 36.0 Å². The van der Waals surface area contributed by atoms with Crippen molar-refractivity contribution in [3.8, 4) is 28.4 Å². The second-order valence-corrected chi connectivity index (χ2v) is 8.03. The molecule has 1 aromatic heterocycles. The molecule has 2 aromatic carbocycles. The molecule has 0 aliphatic carbocycles. The molecule has 0 spiro atoms. The first-order valence-corrected chi connectivity index (χ1v) is 11.5. The van der Waals surface area contributed by atoms with Gasteiger partial charge in [0.1, 0.15) is 11.3 Å². The van der Waals surface area contributed by atoms with Crippen molar-refractivity contribution in [2.45, 2.75) is 20.3 Å². The van der Waals surface area contributed by atoms with Crippen LogP contribution in [-0.4, -0.2) is 49.2 Å². The van der Waals surface area contributed by atoms with Gasteiger partial charge in [-0.15, -0.1) is 0 Å². The van der Waals surface area contributed by atoms with Gasteiger partial charge >= 0.3 is 11.9 Å². The van der Waals surface area contributed by atoms with Crippen LogP contribution in [0.15, 0.2) is 42.5 Å². The fourth-order valence-corrected chi connectivity index (χ4v) is 4.03. The van der Waals surface area contributed by atoms with Gasteiger partial charge < -0.3 is 18.9 Å². The summed E-state index contributed by atoms with van der Waals surface area (Å²) in [7, 11) is 2.51. The topological polar surface area (TPSA) is 88.9 Å². The number of carbonyl (C=O) groups is 2. The molecule has 3 rings (SSSR count). The highest BCUT2D eigenvalue weighted by Crippen LogP contribution is 2.39. The number of ether oxygens (including phenoxy) is 4. The fourth-order valence-electron chi connectivity index (χ4n) is 3.27. The monoisotopic (exact) mass is 564 g/mol. The van der Waals surface area contributed by atoms with Crippen molar-refractivity contribution in [3.63, 3.8) is 0 Å². The highest BCUT2D eigenvalue weighted by atomic mass is 127. The molecule has 0 N–H and O–H groups in total. The van der Waals surface area contributed by atoms with Crippen molar-refractivity contribution < 1.29 is 28.5 Å². The molecule has 0 aliphatic rings. The highest BCUT2D eigenvalue weighted by Gasteiger charge is 2.32. The third-order valence-electron chi connectivity index (χ3n) is 4.69. The molecule has 174 valence electrons. The first-order valence-electron chi connectivity index (χ1n) is 10.4. The van der Waals surface area contributed by atoms with Crippen LogP contribution in [0.3, 0.4) is 0 Å². The average Bonchev–Trinajstić information content (AvgIpc) is 3.24. The molecule has 0 saturated heterocycles. The Morgan fingerprint density at radius 1 is 1.00 bits per heavy atom. The van der Waals surface area contributed by atoms with Crippen molar-refractivity contribution in [2.24, 2.45) is 0 Å². The zero-order valence-corrected chi connectivity index (χ0v) is 21.0. The standard InChI is InChI=1S/C24H25IN2O6/c1-5-12-33-22-17(25)13-15(14-18(22)32-6-2)20-19(23(28)30-3)21(24(29)31-4)27(26-20)16-10-8-7-9-11-16/h7-11,13-14H,5-6,12H2,1-4H3. The van der Waals surface area contributed by atoms with Gasteiger partial charge in [-0.3, -0.25) is 0 Å². The summed E-state index contributed by atoms with van der Waals surface area (Å²) in [4.78, 5) is 25.6. The number of methoxy groups -OCH3 is 2. The molecule has 0 bridgehead atoms. The number of para-hydroxylation sites is 1. The lowest BCUT2D eigenvalue weighted by atomic mass is 10.0. The maximum Gasteiger partial charge on any atom is 0.357 e. The van der Waals surface area contributed by atoms with E-state index in [-0.39, 0.29) is 17.0 Å². The largest absolute Gasteiger partial charge is 0.490 e. The summed E-state index contributed by atoms with van der Waals surface area (Å²) in [5, 5.41) is 4.64. The molecule has 9 heteroatoms. The minimum absolute atomic E-state index is 0.00804. The Bertz CT molecular complexity index is 1140. The predicted octanol–water partition coefficient (Wildman–Crippen LogP) is 4.90. The first-order chi connectivity index (χ1) is 16.0. The highest BCUT2D eigenvalue weighted by molar-refractivity contribution is 14.1. The van der Waals surface area contributed by atoms with Crippen LogP contribution in [0.4, 0.5) is 0 Å². The van der Waals surface area contributed by atoms with Gasteiger partial charge in [-0.1, -0.05) is 25.1 Å². The number of hydrogen-bond acceptors (Lipinski definition) is 7. The number of benzene rings is 2. The summed E-state index contributed by atoms with van der Waals surface area (Å²) in [5.41, 5.74) is 1.43. The summed E-state index contributed by atoms with van der Waals surface area (Å²) in [5.74, 6) is -0.261. The number of aromatic nitrogens is 2. The summed E-state index contributed by atoms with van der Waals surface area (Å²) in [6.07, 6.45) is 0.847. The Morgan fingerprint density at radius 2 is 1.70 bits per heavy atom. The van der Waals surface area contributed by atoms with Crippen molar-refractivity contribution in [3.05, 3.63) is 57.3 Å². The van der Waals surface area contributed by atoms with E-state index in [2.05, 4.69) is 27.7 Å². The molecular weight excluding hydrogens is 539 g/mol. The van der Waals surface area contributed by atoms with Gasteiger partial charge in [0.05, 0.1) is 36.7 Å². The lowest BCUT2D eigenvalue weighted by Gasteiger charge is -2.15. The number of esters is 2. The molecule has 1 heterocycles. The van der Waals surface area contributed by atoms with Gasteiger partial charge in [-0.25, -0.2) is 14.3 Å². The lowest BCUT2D eigenvalue weighted by Crippen LogP contribution is -2.15. The maximum atomic E-state index is 12.9. The lowest BCUT2D eigenvalue weighted by molar-refractivity contribution is 0.0549. The average molecular weight is 564 g/mol. The van der Waals surface area contributed by atoms with Gasteiger partial charge in [0.25, 0.3) is 0 Å². The van der Waals surface area contributed by atoms with E-state index in [1.54, 1.807) is 18.2 Å². The molecule has 8 nitrogen and oxygen atoms in total. The van der Waals surface area contributed by atoms with E-state index >= 15 is 0 Å². The zero-order valence-electron chi connectivity index (χ0n) is 18.9. The van der Waals surface area contributed by atoms with E-state index < -0.39 is 11.9 Å². The number of rotatable bonds is 9. The Morgan fingerprint density at radius 3 is 2.30 bits per heavy atom. The van der Waals surface area contributed by atoms with Gasteiger partial charge in [0.2, 0.25) is 0 Å². The Balaban J connectivity index is 2.31. The van der Waals surface area contributed by atoms with Crippen LogP contribution in [0.1, 0.15) is 41.1 Å². The van der Waals surface area contributed by atoms with Crippen molar-refractivity contribution in [1.29, 1.82) is 0 Å². The second-order valence-electron chi connectivity index (χ2n) is 6.87. The normalized spacial score (nSPS) is 10.6. The molecule has 0 aliphatic heterocycles. The van der Waals surface area contributed by atoms with Crippen LogP contribution in [0.25, 0.3) is 16.9 Å². The van der Waals surface area contributed by atoms with E-state index in [9.17, 15) is 9.59 Å². The number of halogens is 1. The van der Waals surface area contributed by atoms with Gasteiger partial charge in [0.15, 0.2) is 17.2 Å². The zero-order chi connectivity index (χ0) is 24.0. The Kier molecular flexibility index (Phi) is 8.32. The Hall–Kier alpha value is -3.08. The second kappa shape index (κ2) is 11.2. The van der Waals surface area contributed by atoms with E-state index in [0.717, 1.165) is 9.99 Å². The van der Waals surface area contributed by atoms with E-state index in [4.69, 9.17) is 18.9 Å².